The highest BCUT2D eigenvalue weighted by Gasteiger charge is 2.34. The van der Waals surface area contributed by atoms with Gasteiger partial charge in [-0.1, -0.05) is 31.4 Å². The molecule has 0 radical (unpaired) electrons. The molecule has 0 atom stereocenters. The second-order valence-electron chi connectivity index (χ2n) is 9.06. The third kappa shape index (κ3) is 4.42. The van der Waals surface area contributed by atoms with Gasteiger partial charge in [0.1, 0.15) is 5.70 Å². The van der Waals surface area contributed by atoms with Crippen LogP contribution in [0.5, 0.6) is 0 Å². The zero-order valence-corrected chi connectivity index (χ0v) is 21.2. The van der Waals surface area contributed by atoms with Gasteiger partial charge in [0.25, 0.3) is 17.7 Å². The molecule has 36 heavy (non-hydrogen) atoms. The first-order valence-electron chi connectivity index (χ1n) is 12.1. The van der Waals surface area contributed by atoms with Gasteiger partial charge >= 0.3 is 0 Å². The van der Waals surface area contributed by atoms with E-state index in [1.807, 2.05) is 49.0 Å². The molecule has 0 fully saturated rings. The molecule has 8 heteroatoms. The number of nitrogens with one attached hydrogen (secondary N) is 1. The van der Waals surface area contributed by atoms with Crippen molar-refractivity contribution in [1.82, 2.24) is 24.9 Å². The van der Waals surface area contributed by atoms with Crippen molar-refractivity contribution in [1.29, 1.82) is 0 Å². The summed E-state index contributed by atoms with van der Waals surface area (Å²) < 4.78 is 1.93. The predicted octanol–water partition coefficient (Wildman–Crippen LogP) is 4.25. The second-order valence-corrected chi connectivity index (χ2v) is 9.06. The predicted molar refractivity (Wildman–Crippen MR) is 140 cm³/mol. The van der Waals surface area contributed by atoms with Gasteiger partial charge in [-0.3, -0.25) is 24.0 Å². The van der Waals surface area contributed by atoms with Crippen LogP contribution in [0.3, 0.4) is 0 Å². The molecule has 2 aromatic carbocycles. The van der Waals surface area contributed by atoms with E-state index in [2.05, 4.69) is 43.5 Å². The Labute approximate surface area is 210 Å². The van der Waals surface area contributed by atoms with Crippen LogP contribution in [0, 0.1) is 0 Å². The summed E-state index contributed by atoms with van der Waals surface area (Å²) in [6.07, 6.45) is 2.02. The molecule has 0 spiro atoms. The molecular formula is C28H31N5O3. The largest absolute Gasteiger partial charge is 0.338 e. The molecule has 0 unspecified atom stereocenters. The molecule has 1 aliphatic rings. The number of aromatic nitrogens is 2. The first kappa shape index (κ1) is 24.9. The Kier molecular flexibility index (Phi) is 6.79. The van der Waals surface area contributed by atoms with Crippen molar-refractivity contribution >= 4 is 28.6 Å². The summed E-state index contributed by atoms with van der Waals surface area (Å²) in [6, 6.07) is 11.8. The maximum absolute atomic E-state index is 13.2. The highest BCUT2D eigenvalue weighted by molar-refractivity contribution is 6.08. The van der Waals surface area contributed by atoms with Crippen LogP contribution in [0.25, 0.3) is 22.0 Å². The van der Waals surface area contributed by atoms with Crippen LogP contribution in [0.15, 0.2) is 67.1 Å². The first-order chi connectivity index (χ1) is 17.2. The summed E-state index contributed by atoms with van der Waals surface area (Å²) in [5, 5.41) is 8.13. The van der Waals surface area contributed by atoms with Crippen molar-refractivity contribution in [2.24, 2.45) is 0 Å². The van der Waals surface area contributed by atoms with Gasteiger partial charge in [-0.2, -0.15) is 5.10 Å². The molecule has 1 N–H and O–H groups in total. The molecule has 1 aliphatic heterocycles. The number of likely N-dealkylation sites (N-methyl/N-ethyl adjacent to an activating group) is 1. The van der Waals surface area contributed by atoms with Crippen molar-refractivity contribution in [2.45, 2.75) is 40.3 Å². The number of rotatable bonds is 8. The van der Waals surface area contributed by atoms with Gasteiger partial charge in [0.2, 0.25) is 0 Å². The maximum Gasteiger partial charge on any atom is 0.271 e. The standard InChI is InChI=1S/C28H31N5O3/c1-7-31(8-2)27(35)18(5)29-26(34)19(6)32-16-24-22(10-9-11-23(24)28(32)36)20-12-13-25-21(14-20)15-33(30-25)17(3)4/h9-15,17H,5-8,16H2,1-4H3,(H,29,34). The van der Waals surface area contributed by atoms with E-state index in [0.29, 0.717) is 18.7 Å². The zero-order chi connectivity index (χ0) is 26.1. The average molecular weight is 486 g/mol. The van der Waals surface area contributed by atoms with Crippen LogP contribution < -0.4 is 5.32 Å². The molecule has 0 saturated carbocycles. The average Bonchev–Trinajstić information content (AvgIpc) is 3.45. The summed E-state index contributed by atoms with van der Waals surface area (Å²) >= 11 is 0. The van der Waals surface area contributed by atoms with E-state index in [4.69, 9.17) is 0 Å². The van der Waals surface area contributed by atoms with E-state index >= 15 is 0 Å². The summed E-state index contributed by atoms with van der Waals surface area (Å²) in [6.45, 7) is 16.6. The summed E-state index contributed by atoms with van der Waals surface area (Å²) in [5.74, 6) is -1.30. The lowest BCUT2D eigenvalue weighted by molar-refractivity contribution is -0.129. The van der Waals surface area contributed by atoms with E-state index in [1.54, 1.807) is 11.0 Å². The number of hydrogen-bond donors (Lipinski definition) is 1. The van der Waals surface area contributed by atoms with Crippen LogP contribution in [-0.4, -0.2) is 50.4 Å². The summed E-state index contributed by atoms with van der Waals surface area (Å²) in [7, 11) is 0. The number of amides is 3. The number of carbonyl (C=O) groups excluding carboxylic acids is 3. The lowest BCUT2D eigenvalue weighted by Crippen LogP contribution is -2.40. The molecule has 3 amide bonds. The second kappa shape index (κ2) is 9.81. The third-order valence-corrected chi connectivity index (χ3v) is 6.49. The number of fused-ring (bicyclic) bond motifs is 2. The highest BCUT2D eigenvalue weighted by atomic mass is 16.2. The van der Waals surface area contributed by atoms with Gasteiger partial charge in [-0.05, 0) is 62.6 Å². The van der Waals surface area contributed by atoms with Crippen LogP contribution in [0.1, 0.15) is 49.7 Å². The SMILES string of the molecule is C=C(NC(=O)C(=C)N1Cc2c(cccc2-c2ccc3nn(C(C)C)cc3c2)C1=O)C(=O)N(CC)CC. The van der Waals surface area contributed by atoms with Crippen LogP contribution >= 0.6 is 0 Å². The fourth-order valence-electron chi connectivity index (χ4n) is 4.39. The summed E-state index contributed by atoms with van der Waals surface area (Å²) in [4.78, 5) is 41.4. The Bertz CT molecular complexity index is 1400. The molecule has 2 heterocycles. The molecule has 0 aliphatic carbocycles. The Balaban J connectivity index is 1.57. The third-order valence-electron chi connectivity index (χ3n) is 6.49. The molecule has 8 nitrogen and oxygen atoms in total. The Morgan fingerprint density at radius 1 is 1.11 bits per heavy atom. The smallest absolute Gasteiger partial charge is 0.271 e. The van der Waals surface area contributed by atoms with E-state index in [-0.39, 0.29) is 35.8 Å². The Morgan fingerprint density at radius 2 is 1.81 bits per heavy atom. The fraction of sp³-hybridized carbons (Fsp3) is 0.286. The lowest BCUT2D eigenvalue weighted by atomic mass is 9.96. The van der Waals surface area contributed by atoms with Gasteiger partial charge in [0.05, 0.1) is 17.8 Å². The Hall–Kier alpha value is -4.20. The molecular weight excluding hydrogens is 454 g/mol. The van der Waals surface area contributed by atoms with E-state index in [0.717, 1.165) is 27.6 Å². The molecule has 1 aromatic heterocycles. The number of benzene rings is 2. The summed E-state index contributed by atoms with van der Waals surface area (Å²) in [5.41, 5.74) is 4.04. The van der Waals surface area contributed by atoms with Gasteiger partial charge < -0.3 is 10.2 Å². The van der Waals surface area contributed by atoms with Gasteiger partial charge in [-0.25, -0.2) is 0 Å². The molecule has 186 valence electrons. The maximum atomic E-state index is 13.2. The number of nitrogens with zero attached hydrogens (tertiary/aromatic N) is 4. The van der Waals surface area contributed by atoms with E-state index in [9.17, 15) is 14.4 Å². The normalized spacial score (nSPS) is 12.7. The van der Waals surface area contributed by atoms with Crippen LogP contribution in [0.4, 0.5) is 0 Å². The van der Waals surface area contributed by atoms with Crippen LogP contribution in [0.2, 0.25) is 0 Å². The van der Waals surface area contributed by atoms with Crippen molar-refractivity contribution in [3.63, 3.8) is 0 Å². The van der Waals surface area contributed by atoms with Gasteiger partial charge in [0.15, 0.2) is 0 Å². The first-order valence-corrected chi connectivity index (χ1v) is 12.1. The monoisotopic (exact) mass is 485 g/mol. The van der Waals surface area contributed by atoms with E-state index in [1.165, 1.54) is 4.90 Å². The molecule has 0 saturated heterocycles. The molecule has 3 aromatic rings. The highest BCUT2D eigenvalue weighted by Crippen LogP contribution is 2.35. The quantitative estimate of drug-likeness (QED) is 0.483. The van der Waals surface area contributed by atoms with Crippen molar-refractivity contribution in [3.05, 3.63) is 78.3 Å². The van der Waals surface area contributed by atoms with Crippen molar-refractivity contribution in [2.75, 3.05) is 13.1 Å². The van der Waals surface area contributed by atoms with Crippen molar-refractivity contribution in [3.8, 4) is 11.1 Å². The number of hydrogen-bond acceptors (Lipinski definition) is 4. The van der Waals surface area contributed by atoms with Gasteiger partial charge in [0, 0.05) is 36.3 Å². The van der Waals surface area contributed by atoms with Crippen molar-refractivity contribution < 1.29 is 14.4 Å². The molecule has 0 bridgehead atoms. The minimum Gasteiger partial charge on any atom is -0.338 e. The minimum absolute atomic E-state index is 0.0377. The lowest BCUT2D eigenvalue weighted by Gasteiger charge is -2.22. The Morgan fingerprint density at radius 3 is 2.47 bits per heavy atom. The fourth-order valence-corrected chi connectivity index (χ4v) is 4.39. The van der Waals surface area contributed by atoms with Crippen LogP contribution in [-0.2, 0) is 16.1 Å². The van der Waals surface area contributed by atoms with E-state index < -0.39 is 5.91 Å². The molecule has 4 rings (SSSR count). The topological polar surface area (TPSA) is 87.5 Å². The minimum atomic E-state index is -0.634. The van der Waals surface area contributed by atoms with Gasteiger partial charge in [-0.15, -0.1) is 0 Å². The number of carbonyl (C=O) groups is 3. The zero-order valence-electron chi connectivity index (χ0n) is 21.2.